The normalized spacial score (nSPS) is 18.0. The molecule has 1 aliphatic heterocycles. The standard InChI is InChI=1S/C17H18N4O/c1-20-11-16(10-19-20)15-6-3-7-21(12-15)17(22)14-5-2-4-13(8-14)9-18/h2,4-5,8,10-11,15H,3,6-7,12H2,1H3. The maximum atomic E-state index is 12.6. The summed E-state index contributed by atoms with van der Waals surface area (Å²) in [6.07, 6.45) is 5.97. The number of amides is 1. The van der Waals surface area contributed by atoms with Crippen molar-refractivity contribution in [3.63, 3.8) is 0 Å². The van der Waals surface area contributed by atoms with E-state index in [1.165, 1.54) is 5.56 Å². The molecule has 1 unspecified atom stereocenters. The van der Waals surface area contributed by atoms with Crippen LogP contribution in [0, 0.1) is 11.3 Å². The van der Waals surface area contributed by atoms with Gasteiger partial charge in [0.2, 0.25) is 0 Å². The van der Waals surface area contributed by atoms with Crippen molar-refractivity contribution in [1.29, 1.82) is 5.26 Å². The highest BCUT2D eigenvalue weighted by atomic mass is 16.2. The molecular formula is C17H18N4O. The van der Waals surface area contributed by atoms with E-state index in [0.717, 1.165) is 19.4 Å². The molecule has 0 spiro atoms. The van der Waals surface area contributed by atoms with Crippen molar-refractivity contribution in [2.75, 3.05) is 13.1 Å². The number of likely N-dealkylation sites (tertiary alicyclic amines) is 1. The topological polar surface area (TPSA) is 61.9 Å². The number of carbonyl (C=O) groups excluding carboxylic acids is 1. The quantitative estimate of drug-likeness (QED) is 0.854. The zero-order chi connectivity index (χ0) is 15.5. The molecule has 0 radical (unpaired) electrons. The van der Waals surface area contributed by atoms with Gasteiger partial charge in [0.25, 0.3) is 5.91 Å². The van der Waals surface area contributed by atoms with Crippen LogP contribution >= 0.6 is 0 Å². The molecule has 22 heavy (non-hydrogen) atoms. The van der Waals surface area contributed by atoms with Gasteiger partial charge in [-0.05, 0) is 36.6 Å². The van der Waals surface area contributed by atoms with E-state index in [9.17, 15) is 4.79 Å². The van der Waals surface area contributed by atoms with Crippen LogP contribution in [-0.2, 0) is 7.05 Å². The second-order valence-corrected chi connectivity index (χ2v) is 5.73. The number of nitriles is 1. The minimum absolute atomic E-state index is 0.00527. The first-order valence-corrected chi connectivity index (χ1v) is 7.45. The van der Waals surface area contributed by atoms with Crippen LogP contribution in [0.25, 0.3) is 0 Å². The molecule has 3 rings (SSSR count). The predicted octanol–water partition coefficient (Wildman–Crippen LogP) is 2.31. The Morgan fingerprint density at radius 2 is 2.32 bits per heavy atom. The third-order valence-corrected chi connectivity index (χ3v) is 4.14. The van der Waals surface area contributed by atoms with Crippen LogP contribution < -0.4 is 0 Å². The molecule has 0 N–H and O–H groups in total. The summed E-state index contributed by atoms with van der Waals surface area (Å²) in [7, 11) is 1.91. The molecule has 0 bridgehead atoms. The summed E-state index contributed by atoms with van der Waals surface area (Å²) in [6, 6.07) is 8.99. The first-order chi connectivity index (χ1) is 10.7. The van der Waals surface area contributed by atoms with Crippen LogP contribution in [0.2, 0.25) is 0 Å². The van der Waals surface area contributed by atoms with E-state index in [2.05, 4.69) is 11.2 Å². The molecule has 1 aromatic heterocycles. The number of hydrogen-bond acceptors (Lipinski definition) is 3. The monoisotopic (exact) mass is 294 g/mol. The van der Waals surface area contributed by atoms with Crippen LogP contribution in [-0.4, -0.2) is 33.7 Å². The summed E-state index contributed by atoms with van der Waals surface area (Å²) in [5.41, 5.74) is 2.29. The highest BCUT2D eigenvalue weighted by Crippen LogP contribution is 2.27. The van der Waals surface area contributed by atoms with Gasteiger partial charge in [-0.15, -0.1) is 0 Å². The number of carbonyl (C=O) groups is 1. The number of rotatable bonds is 2. The molecule has 2 aromatic rings. The summed E-state index contributed by atoms with van der Waals surface area (Å²) < 4.78 is 1.80. The van der Waals surface area contributed by atoms with Crippen molar-refractivity contribution in [3.8, 4) is 6.07 Å². The van der Waals surface area contributed by atoms with Gasteiger partial charge < -0.3 is 4.90 Å². The lowest BCUT2D eigenvalue weighted by Crippen LogP contribution is -2.39. The molecule has 1 amide bonds. The highest BCUT2D eigenvalue weighted by molar-refractivity contribution is 5.94. The molecule has 1 aromatic carbocycles. The zero-order valence-electron chi connectivity index (χ0n) is 12.6. The van der Waals surface area contributed by atoms with Crippen LogP contribution in [0.5, 0.6) is 0 Å². The predicted molar refractivity (Wildman–Crippen MR) is 82.2 cm³/mol. The van der Waals surface area contributed by atoms with Crippen LogP contribution in [0.3, 0.4) is 0 Å². The summed E-state index contributed by atoms with van der Waals surface area (Å²) in [4.78, 5) is 14.5. The Balaban J connectivity index is 1.76. The van der Waals surface area contributed by atoms with Crippen molar-refractivity contribution in [2.24, 2.45) is 7.05 Å². The molecule has 5 nitrogen and oxygen atoms in total. The molecule has 1 atom stereocenters. The first-order valence-electron chi connectivity index (χ1n) is 7.45. The van der Waals surface area contributed by atoms with E-state index in [1.807, 2.05) is 24.3 Å². The average Bonchev–Trinajstić information content (AvgIpc) is 3.01. The van der Waals surface area contributed by atoms with Gasteiger partial charge in [0.05, 0.1) is 17.8 Å². The maximum Gasteiger partial charge on any atom is 0.253 e. The van der Waals surface area contributed by atoms with Crippen LogP contribution in [0.15, 0.2) is 36.7 Å². The third-order valence-electron chi connectivity index (χ3n) is 4.14. The number of hydrogen-bond donors (Lipinski definition) is 0. The Bertz CT molecular complexity index is 728. The van der Waals surface area contributed by atoms with Crippen molar-refractivity contribution in [2.45, 2.75) is 18.8 Å². The van der Waals surface area contributed by atoms with E-state index in [0.29, 0.717) is 23.6 Å². The molecular weight excluding hydrogens is 276 g/mol. The molecule has 1 saturated heterocycles. The summed E-state index contributed by atoms with van der Waals surface area (Å²) >= 11 is 0. The van der Waals surface area contributed by atoms with Gasteiger partial charge in [-0.3, -0.25) is 9.48 Å². The van der Waals surface area contributed by atoms with Crippen molar-refractivity contribution >= 4 is 5.91 Å². The number of aromatic nitrogens is 2. The number of nitrogens with zero attached hydrogens (tertiary/aromatic N) is 4. The van der Waals surface area contributed by atoms with Crippen molar-refractivity contribution in [1.82, 2.24) is 14.7 Å². The zero-order valence-corrected chi connectivity index (χ0v) is 12.6. The van der Waals surface area contributed by atoms with E-state index < -0.39 is 0 Å². The second-order valence-electron chi connectivity index (χ2n) is 5.73. The van der Waals surface area contributed by atoms with Gasteiger partial charge in [-0.1, -0.05) is 6.07 Å². The Kier molecular flexibility index (Phi) is 3.92. The maximum absolute atomic E-state index is 12.6. The summed E-state index contributed by atoms with van der Waals surface area (Å²) in [6.45, 7) is 1.48. The molecule has 0 aliphatic carbocycles. The van der Waals surface area contributed by atoms with E-state index in [1.54, 1.807) is 28.9 Å². The molecule has 1 aliphatic rings. The summed E-state index contributed by atoms with van der Waals surface area (Å²) in [5.74, 6) is 0.344. The molecule has 2 heterocycles. The summed E-state index contributed by atoms with van der Waals surface area (Å²) in [5, 5.41) is 13.2. The molecule has 112 valence electrons. The van der Waals surface area contributed by atoms with E-state index in [4.69, 9.17) is 5.26 Å². The molecule has 5 heteroatoms. The third kappa shape index (κ3) is 2.86. The van der Waals surface area contributed by atoms with Crippen LogP contribution in [0.4, 0.5) is 0 Å². The van der Waals surface area contributed by atoms with Gasteiger partial charge in [0, 0.05) is 37.8 Å². The van der Waals surface area contributed by atoms with E-state index in [-0.39, 0.29) is 5.91 Å². The Hall–Kier alpha value is -2.61. The minimum atomic E-state index is 0.00527. The number of piperidine rings is 1. The minimum Gasteiger partial charge on any atom is -0.338 e. The lowest BCUT2D eigenvalue weighted by Gasteiger charge is -2.32. The molecule has 1 fully saturated rings. The van der Waals surface area contributed by atoms with Crippen molar-refractivity contribution < 1.29 is 4.79 Å². The fourth-order valence-electron chi connectivity index (χ4n) is 2.99. The van der Waals surface area contributed by atoms with Gasteiger partial charge >= 0.3 is 0 Å². The van der Waals surface area contributed by atoms with Gasteiger partial charge in [-0.25, -0.2) is 0 Å². The number of aryl methyl sites for hydroxylation is 1. The number of benzene rings is 1. The van der Waals surface area contributed by atoms with Gasteiger partial charge in [-0.2, -0.15) is 10.4 Å². The lowest BCUT2D eigenvalue weighted by molar-refractivity contribution is 0.0707. The fraction of sp³-hybridized carbons (Fsp3) is 0.353. The van der Waals surface area contributed by atoms with E-state index >= 15 is 0 Å². The smallest absolute Gasteiger partial charge is 0.253 e. The Morgan fingerprint density at radius 3 is 3.05 bits per heavy atom. The Morgan fingerprint density at radius 1 is 1.45 bits per heavy atom. The SMILES string of the molecule is Cn1cc(C2CCCN(C(=O)c3cccc(C#N)c3)C2)cn1. The van der Waals surface area contributed by atoms with Crippen molar-refractivity contribution in [3.05, 3.63) is 53.3 Å². The Labute approximate surface area is 129 Å². The fourth-order valence-corrected chi connectivity index (χ4v) is 2.99. The first kappa shape index (κ1) is 14.3. The molecule has 0 saturated carbocycles. The average molecular weight is 294 g/mol. The van der Waals surface area contributed by atoms with Gasteiger partial charge in [0.1, 0.15) is 0 Å². The largest absolute Gasteiger partial charge is 0.338 e. The highest BCUT2D eigenvalue weighted by Gasteiger charge is 2.26. The lowest BCUT2D eigenvalue weighted by atomic mass is 9.92. The second kappa shape index (κ2) is 6.02. The van der Waals surface area contributed by atoms with Gasteiger partial charge in [0.15, 0.2) is 0 Å². The van der Waals surface area contributed by atoms with Crippen LogP contribution in [0.1, 0.15) is 40.2 Å².